The largest absolute Gasteiger partial charge is 0.508 e. The highest BCUT2D eigenvalue weighted by Crippen LogP contribution is 2.14. The van der Waals surface area contributed by atoms with Crippen LogP contribution in [0.5, 0.6) is 5.75 Å². The molecular weight excluding hydrogens is 742 g/mol. The van der Waals surface area contributed by atoms with Gasteiger partial charge in [0.25, 0.3) is 0 Å². The fourth-order valence-electron chi connectivity index (χ4n) is 6.00. The maximum atomic E-state index is 14.0. The first-order valence-electron chi connectivity index (χ1n) is 18.6. The summed E-state index contributed by atoms with van der Waals surface area (Å²) >= 11 is 0. The molecule has 0 radical (unpaired) electrons. The number of benzene rings is 2. The van der Waals surface area contributed by atoms with Crippen molar-refractivity contribution in [1.82, 2.24) is 37.2 Å². The van der Waals surface area contributed by atoms with Gasteiger partial charge in [0.15, 0.2) is 0 Å². The molecule has 18 heteroatoms. The lowest BCUT2D eigenvalue weighted by molar-refractivity contribution is -0.141. The maximum absolute atomic E-state index is 14.0. The monoisotopic (exact) mass is 795 g/mol. The third-order valence-corrected chi connectivity index (χ3v) is 9.03. The van der Waals surface area contributed by atoms with E-state index < -0.39 is 109 Å². The molecule has 0 bridgehead atoms. The number of carboxylic acids is 1. The molecule has 0 spiro atoms. The first-order valence-corrected chi connectivity index (χ1v) is 18.6. The van der Waals surface area contributed by atoms with E-state index in [4.69, 9.17) is 0 Å². The minimum Gasteiger partial charge on any atom is -0.508 e. The molecule has 0 aliphatic carbocycles. The number of amides is 7. The highest BCUT2D eigenvalue weighted by atomic mass is 16.4. The van der Waals surface area contributed by atoms with Gasteiger partial charge in [0.2, 0.25) is 41.4 Å². The van der Waals surface area contributed by atoms with E-state index >= 15 is 0 Å². The summed E-state index contributed by atoms with van der Waals surface area (Å²) in [4.78, 5) is 107. The fourth-order valence-corrected chi connectivity index (χ4v) is 6.00. The van der Waals surface area contributed by atoms with Crippen LogP contribution in [0.4, 0.5) is 0 Å². The minimum absolute atomic E-state index is 0.0404. The van der Waals surface area contributed by atoms with E-state index in [0.29, 0.717) is 11.1 Å². The standard InChI is InChI=1S/C39H53N7O11/c1-20(2)15-26-37(55)45-32(21(3)4)38(56)46-33(22(5)47)39(57)44-28(17-24-11-13-25(48)14-12-24)35(53)43-27(16-23-9-7-6-8-10-23)34(52)40-19-30(49)41-29(18-31(50)51)36(54)42-26/h6-14,20-22,26-29,32-33,47-48H,15-19H2,1-5H3,(H,40,52)(H,41,49)(H,42,54)(H,43,53)(H,44,57)(H,45,55)(H,46,56)(H,50,51)/t22-,26-,27-,28-,29-,32-,33-/m0/s1. The molecule has 1 aliphatic heterocycles. The molecule has 7 atom stereocenters. The Balaban J connectivity index is 2.11. The van der Waals surface area contributed by atoms with Gasteiger partial charge in [-0.2, -0.15) is 0 Å². The number of aliphatic carboxylic acids is 1. The maximum Gasteiger partial charge on any atom is 0.305 e. The number of phenols is 1. The average Bonchev–Trinajstić information content (AvgIpc) is 3.13. The van der Waals surface area contributed by atoms with Crippen molar-refractivity contribution in [2.45, 2.75) is 103 Å². The van der Waals surface area contributed by atoms with Crippen molar-refractivity contribution in [3.05, 3.63) is 65.7 Å². The van der Waals surface area contributed by atoms with Crippen LogP contribution in [-0.4, -0.2) is 112 Å². The van der Waals surface area contributed by atoms with Crippen LogP contribution in [0.2, 0.25) is 0 Å². The van der Waals surface area contributed by atoms with Crippen molar-refractivity contribution < 1.29 is 53.7 Å². The average molecular weight is 796 g/mol. The van der Waals surface area contributed by atoms with Crippen LogP contribution in [0.1, 0.15) is 58.6 Å². The number of rotatable bonds is 10. The van der Waals surface area contributed by atoms with Gasteiger partial charge in [-0.05, 0) is 48.4 Å². The molecule has 1 fully saturated rings. The molecule has 1 saturated heterocycles. The zero-order valence-corrected chi connectivity index (χ0v) is 32.5. The zero-order chi connectivity index (χ0) is 42.4. The molecule has 7 amide bonds. The Hall–Kier alpha value is -6.04. The molecule has 2 aromatic carbocycles. The Morgan fingerprint density at radius 1 is 0.614 bits per heavy atom. The molecule has 3 rings (SSSR count). The Morgan fingerprint density at radius 3 is 1.67 bits per heavy atom. The van der Waals surface area contributed by atoms with E-state index in [9.17, 15) is 53.7 Å². The van der Waals surface area contributed by atoms with Gasteiger partial charge in [-0.25, -0.2) is 0 Å². The first kappa shape index (κ1) is 45.4. The van der Waals surface area contributed by atoms with E-state index in [2.05, 4.69) is 37.2 Å². The molecule has 0 unspecified atom stereocenters. The zero-order valence-electron chi connectivity index (χ0n) is 32.5. The number of aromatic hydroxyl groups is 1. The fraction of sp³-hybridized carbons (Fsp3) is 0.487. The Labute approximate surface area is 330 Å². The van der Waals surface area contributed by atoms with Gasteiger partial charge in [0.1, 0.15) is 42.0 Å². The van der Waals surface area contributed by atoms with E-state index in [1.807, 2.05) is 0 Å². The van der Waals surface area contributed by atoms with Crippen LogP contribution in [0.3, 0.4) is 0 Å². The number of carboxylic acid groups (broad SMARTS) is 1. The topological polar surface area (TPSA) is 281 Å². The van der Waals surface area contributed by atoms with Gasteiger partial charge >= 0.3 is 5.97 Å². The second-order valence-electron chi connectivity index (χ2n) is 14.8. The van der Waals surface area contributed by atoms with Crippen LogP contribution in [0.25, 0.3) is 0 Å². The number of hydrogen-bond acceptors (Lipinski definition) is 10. The Morgan fingerprint density at radius 2 is 1.11 bits per heavy atom. The van der Waals surface area contributed by atoms with Gasteiger partial charge in [-0.3, -0.25) is 38.4 Å². The predicted octanol–water partition coefficient (Wildman–Crippen LogP) is -1.23. The smallest absolute Gasteiger partial charge is 0.305 e. The lowest BCUT2D eigenvalue weighted by Crippen LogP contribution is -2.62. The molecule has 57 heavy (non-hydrogen) atoms. The number of phenolic OH excluding ortho intramolecular Hbond substituents is 1. The summed E-state index contributed by atoms with van der Waals surface area (Å²) in [5.74, 6) is -8.65. The number of hydrogen-bond donors (Lipinski definition) is 10. The molecule has 310 valence electrons. The van der Waals surface area contributed by atoms with Gasteiger partial charge in [0, 0.05) is 12.8 Å². The van der Waals surface area contributed by atoms with Crippen molar-refractivity contribution in [2.75, 3.05) is 6.54 Å². The van der Waals surface area contributed by atoms with Crippen LogP contribution < -0.4 is 37.2 Å². The van der Waals surface area contributed by atoms with Crippen LogP contribution in [0.15, 0.2) is 54.6 Å². The summed E-state index contributed by atoms with van der Waals surface area (Å²) in [7, 11) is 0. The second kappa shape index (κ2) is 21.3. The number of nitrogens with one attached hydrogen (secondary N) is 7. The van der Waals surface area contributed by atoms with Crippen molar-refractivity contribution in [1.29, 1.82) is 0 Å². The number of carbonyl (C=O) groups is 8. The summed E-state index contributed by atoms with van der Waals surface area (Å²) in [6, 6.07) is 5.60. The summed E-state index contributed by atoms with van der Waals surface area (Å²) in [6.07, 6.45) is -2.61. The number of carbonyl (C=O) groups excluding carboxylic acids is 7. The van der Waals surface area contributed by atoms with Crippen LogP contribution >= 0.6 is 0 Å². The van der Waals surface area contributed by atoms with Gasteiger partial charge in [-0.15, -0.1) is 0 Å². The lowest BCUT2D eigenvalue weighted by atomic mass is 9.98. The molecule has 18 nitrogen and oxygen atoms in total. The summed E-state index contributed by atoms with van der Waals surface area (Å²) < 4.78 is 0. The lowest BCUT2D eigenvalue weighted by Gasteiger charge is -2.30. The number of aliphatic hydroxyl groups excluding tert-OH is 1. The first-order chi connectivity index (χ1) is 26.8. The Bertz CT molecular complexity index is 1750. The van der Waals surface area contributed by atoms with Crippen molar-refractivity contribution in [2.24, 2.45) is 11.8 Å². The normalized spacial score (nSPS) is 24.1. The van der Waals surface area contributed by atoms with Crippen molar-refractivity contribution in [3.8, 4) is 5.75 Å². The van der Waals surface area contributed by atoms with Gasteiger partial charge in [0.05, 0.1) is 19.1 Å². The Kier molecular flexibility index (Phi) is 17.0. The van der Waals surface area contributed by atoms with E-state index in [1.165, 1.54) is 31.2 Å². The molecule has 10 N–H and O–H groups in total. The molecule has 2 aromatic rings. The predicted molar refractivity (Wildman–Crippen MR) is 205 cm³/mol. The highest BCUT2D eigenvalue weighted by molar-refractivity contribution is 5.98. The minimum atomic E-state index is -1.68. The molecule has 0 saturated carbocycles. The van der Waals surface area contributed by atoms with Crippen molar-refractivity contribution >= 4 is 47.3 Å². The van der Waals surface area contributed by atoms with E-state index in [1.54, 1.807) is 58.0 Å². The van der Waals surface area contributed by atoms with Crippen LogP contribution in [-0.2, 0) is 51.2 Å². The van der Waals surface area contributed by atoms with Gasteiger partial charge in [-0.1, -0.05) is 70.2 Å². The number of aliphatic hydroxyl groups is 1. The second-order valence-corrected chi connectivity index (χ2v) is 14.8. The van der Waals surface area contributed by atoms with Gasteiger partial charge < -0.3 is 52.5 Å². The molecular formula is C39H53N7O11. The quantitative estimate of drug-likeness (QED) is 0.136. The third kappa shape index (κ3) is 14.5. The van der Waals surface area contributed by atoms with E-state index in [-0.39, 0.29) is 30.9 Å². The molecule has 1 heterocycles. The summed E-state index contributed by atoms with van der Waals surface area (Å²) in [6.45, 7) is 7.23. The SMILES string of the molecule is CC(C)C[C@@H]1NC(=O)[C@H](CC(=O)O)NC(=O)CNC(=O)[C@H](Cc2ccccc2)NC(=O)[C@H](Cc2ccc(O)cc2)NC(=O)[C@H]([C@H](C)O)NC(=O)[C@H](C(C)C)NC1=O. The summed E-state index contributed by atoms with van der Waals surface area (Å²) in [5, 5.41) is 47.5. The van der Waals surface area contributed by atoms with Crippen molar-refractivity contribution in [3.63, 3.8) is 0 Å². The third-order valence-electron chi connectivity index (χ3n) is 9.03. The van der Waals surface area contributed by atoms with E-state index in [0.717, 1.165) is 0 Å². The summed E-state index contributed by atoms with van der Waals surface area (Å²) in [5.41, 5.74) is 1.09. The molecule has 1 aliphatic rings. The molecule has 0 aromatic heterocycles. The van der Waals surface area contributed by atoms with Crippen LogP contribution in [0, 0.1) is 11.8 Å². The highest BCUT2D eigenvalue weighted by Gasteiger charge is 2.36.